The molecule has 0 amide bonds. The highest BCUT2D eigenvalue weighted by molar-refractivity contribution is 14.0. The molecule has 0 aromatic heterocycles. The van der Waals surface area contributed by atoms with Crippen LogP contribution in [0.1, 0.15) is 45.2 Å². The fraction of sp³-hybridized carbons (Fsp3) is 0.632. The second-order valence-corrected chi connectivity index (χ2v) is 6.83. The highest BCUT2D eigenvalue weighted by atomic mass is 127. The van der Waals surface area contributed by atoms with Gasteiger partial charge in [0.15, 0.2) is 5.96 Å². The minimum absolute atomic E-state index is 0. The van der Waals surface area contributed by atoms with Gasteiger partial charge in [-0.2, -0.15) is 0 Å². The third kappa shape index (κ3) is 9.30. The number of aliphatic imine (C=N–C) groups is 1. The Hall–Kier alpha value is -1.02. The van der Waals surface area contributed by atoms with Crippen LogP contribution in [-0.4, -0.2) is 37.4 Å². The van der Waals surface area contributed by atoms with Crippen molar-refractivity contribution in [3.05, 3.63) is 29.3 Å². The van der Waals surface area contributed by atoms with E-state index >= 15 is 0 Å². The number of benzene rings is 1. The van der Waals surface area contributed by atoms with E-state index < -0.39 is 0 Å². The van der Waals surface area contributed by atoms with Crippen molar-refractivity contribution in [2.24, 2.45) is 10.4 Å². The molecule has 1 aromatic carbocycles. The lowest BCUT2D eigenvalue weighted by Gasteiger charge is -2.23. The van der Waals surface area contributed by atoms with E-state index in [0.717, 1.165) is 30.2 Å². The summed E-state index contributed by atoms with van der Waals surface area (Å²) in [4.78, 5) is 4.65. The van der Waals surface area contributed by atoms with Crippen molar-refractivity contribution in [1.29, 1.82) is 0 Å². The highest BCUT2D eigenvalue weighted by Crippen LogP contribution is 2.21. The molecule has 0 aliphatic rings. The topological polar surface area (TPSA) is 65.9 Å². The Morgan fingerprint density at radius 1 is 1.24 bits per heavy atom. The van der Waals surface area contributed by atoms with Crippen molar-refractivity contribution >= 4 is 29.9 Å². The molecule has 0 spiro atoms. The molecule has 0 heterocycles. The number of hydrogen-bond donors (Lipinski definition) is 3. The summed E-state index contributed by atoms with van der Waals surface area (Å²) in [6.45, 7) is 13.1. The molecule has 1 rings (SSSR count). The Morgan fingerprint density at radius 2 is 1.96 bits per heavy atom. The number of aryl methyl sites for hydroxylation is 1. The zero-order valence-electron chi connectivity index (χ0n) is 16.2. The molecule has 6 heteroatoms. The Bertz CT molecular complexity index is 533. The van der Waals surface area contributed by atoms with Gasteiger partial charge in [0.25, 0.3) is 0 Å². The first-order chi connectivity index (χ1) is 11.4. The van der Waals surface area contributed by atoms with Crippen molar-refractivity contribution in [1.82, 2.24) is 10.6 Å². The summed E-state index contributed by atoms with van der Waals surface area (Å²) in [6.07, 6.45) is 0.983. The first kappa shape index (κ1) is 24.0. The summed E-state index contributed by atoms with van der Waals surface area (Å²) >= 11 is 0. The molecule has 5 nitrogen and oxygen atoms in total. The van der Waals surface area contributed by atoms with Crippen molar-refractivity contribution in [2.45, 2.75) is 47.6 Å². The standard InChI is InChI=1S/C19H33N3O2.HI/c1-6-10-24-17-11-15(3)8-9-16(17)12-21-18(20-7-2)22-13-19(4,5)14-23;/h8-9,11,23H,6-7,10,12-14H2,1-5H3,(H2,20,21,22);1H. The maximum absolute atomic E-state index is 9.37. The summed E-state index contributed by atoms with van der Waals surface area (Å²) in [5, 5.41) is 15.9. The molecular weight excluding hydrogens is 429 g/mol. The summed E-state index contributed by atoms with van der Waals surface area (Å²) in [7, 11) is 0. The molecule has 0 aliphatic heterocycles. The van der Waals surface area contributed by atoms with E-state index in [1.165, 1.54) is 5.56 Å². The van der Waals surface area contributed by atoms with Crippen LogP contribution in [0.25, 0.3) is 0 Å². The van der Waals surface area contributed by atoms with Crippen LogP contribution in [0.3, 0.4) is 0 Å². The quantitative estimate of drug-likeness (QED) is 0.298. The normalized spacial score (nSPS) is 11.7. The van der Waals surface area contributed by atoms with Crippen LogP contribution in [0.15, 0.2) is 23.2 Å². The maximum Gasteiger partial charge on any atom is 0.191 e. The monoisotopic (exact) mass is 463 g/mol. The molecule has 0 unspecified atom stereocenters. The van der Waals surface area contributed by atoms with E-state index in [2.05, 4.69) is 47.7 Å². The van der Waals surface area contributed by atoms with E-state index in [9.17, 15) is 5.11 Å². The van der Waals surface area contributed by atoms with E-state index in [-0.39, 0.29) is 36.0 Å². The van der Waals surface area contributed by atoms with Crippen LogP contribution in [-0.2, 0) is 6.54 Å². The van der Waals surface area contributed by atoms with Crippen LogP contribution in [0.4, 0.5) is 0 Å². The average Bonchev–Trinajstić information content (AvgIpc) is 2.56. The first-order valence-corrected chi connectivity index (χ1v) is 8.77. The molecule has 25 heavy (non-hydrogen) atoms. The van der Waals surface area contributed by atoms with Gasteiger partial charge in [0.05, 0.1) is 13.2 Å². The van der Waals surface area contributed by atoms with Gasteiger partial charge in [0.2, 0.25) is 0 Å². The fourth-order valence-electron chi connectivity index (χ4n) is 2.02. The van der Waals surface area contributed by atoms with Gasteiger partial charge in [0, 0.05) is 30.7 Å². The third-order valence-corrected chi connectivity index (χ3v) is 3.60. The molecule has 0 saturated heterocycles. The van der Waals surface area contributed by atoms with Crippen LogP contribution in [0, 0.1) is 12.3 Å². The predicted octanol–water partition coefficient (Wildman–Crippen LogP) is 3.48. The summed E-state index contributed by atoms with van der Waals surface area (Å²) in [6, 6.07) is 6.22. The van der Waals surface area contributed by atoms with Crippen LogP contribution >= 0.6 is 24.0 Å². The number of aliphatic hydroxyl groups excluding tert-OH is 1. The van der Waals surface area contributed by atoms with Crippen LogP contribution in [0.5, 0.6) is 5.75 Å². The maximum atomic E-state index is 9.37. The van der Waals surface area contributed by atoms with E-state index in [0.29, 0.717) is 19.7 Å². The van der Waals surface area contributed by atoms with Gasteiger partial charge in [-0.05, 0) is 31.9 Å². The second kappa shape index (κ2) is 12.4. The van der Waals surface area contributed by atoms with E-state index in [1.807, 2.05) is 20.8 Å². The molecule has 0 saturated carbocycles. The summed E-state index contributed by atoms with van der Waals surface area (Å²) in [5.74, 6) is 1.66. The number of aliphatic hydroxyl groups is 1. The lowest BCUT2D eigenvalue weighted by molar-refractivity contribution is 0.162. The van der Waals surface area contributed by atoms with Crippen molar-refractivity contribution in [3.63, 3.8) is 0 Å². The summed E-state index contributed by atoms with van der Waals surface area (Å²) in [5.41, 5.74) is 2.08. The minimum Gasteiger partial charge on any atom is -0.493 e. The molecule has 0 radical (unpaired) electrons. The number of guanidine groups is 1. The molecule has 0 fully saturated rings. The van der Waals surface area contributed by atoms with Gasteiger partial charge in [-0.15, -0.1) is 24.0 Å². The molecule has 3 N–H and O–H groups in total. The Morgan fingerprint density at radius 3 is 2.56 bits per heavy atom. The van der Waals surface area contributed by atoms with E-state index in [4.69, 9.17) is 4.74 Å². The Labute approximate surface area is 169 Å². The van der Waals surface area contributed by atoms with E-state index in [1.54, 1.807) is 0 Å². The Kier molecular flexibility index (Phi) is 11.8. The Balaban J connectivity index is 0.00000576. The third-order valence-electron chi connectivity index (χ3n) is 3.60. The number of nitrogens with zero attached hydrogens (tertiary/aromatic N) is 1. The molecule has 0 aliphatic carbocycles. The lowest BCUT2D eigenvalue weighted by Crippen LogP contribution is -2.43. The van der Waals surface area contributed by atoms with Gasteiger partial charge >= 0.3 is 0 Å². The van der Waals surface area contributed by atoms with Gasteiger partial charge in [-0.1, -0.05) is 32.9 Å². The molecule has 1 aromatic rings. The number of nitrogens with one attached hydrogen (secondary N) is 2. The minimum atomic E-state index is -0.185. The van der Waals surface area contributed by atoms with Crippen LogP contribution in [0.2, 0.25) is 0 Å². The fourth-order valence-corrected chi connectivity index (χ4v) is 2.02. The lowest BCUT2D eigenvalue weighted by atomic mass is 9.95. The van der Waals surface area contributed by atoms with Crippen molar-refractivity contribution in [2.75, 3.05) is 26.3 Å². The number of rotatable bonds is 9. The number of hydrogen-bond acceptors (Lipinski definition) is 3. The second-order valence-electron chi connectivity index (χ2n) is 6.83. The van der Waals surface area contributed by atoms with Crippen molar-refractivity contribution in [3.8, 4) is 5.75 Å². The van der Waals surface area contributed by atoms with Gasteiger partial charge in [0.1, 0.15) is 5.75 Å². The smallest absolute Gasteiger partial charge is 0.191 e. The summed E-state index contributed by atoms with van der Waals surface area (Å²) < 4.78 is 5.85. The zero-order valence-corrected chi connectivity index (χ0v) is 18.5. The van der Waals surface area contributed by atoms with Crippen LogP contribution < -0.4 is 15.4 Å². The zero-order chi connectivity index (χ0) is 18.0. The number of ether oxygens (including phenoxy) is 1. The van der Waals surface area contributed by atoms with Crippen molar-refractivity contribution < 1.29 is 9.84 Å². The van der Waals surface area contributed by atoms with Gasteiger partial charge in [-0.3, -0.25) is 0 Å². The van der Waals surface area contributed by atoms with Gasteiger partial charge < -0.3 is 20.5 Å². The average molecular weight is 463 g/mol. The molecule has 144 valence electrons. The number of halogens is 1. The predicted molar refractivity (Wildman–Crippen MR) is 116 cm³/mol. The first-order valence-electron chi connectivity index (χ1n) is 8.77. The molecule has 0 bridgehead atoms. The molecule has 0 atom stereocenters. The van der Waals surface area contributed by atoms with Gasteiger partial charge in [-0.25, -0.2) is 4.99 Å². The molecular formula is C19H34IN3O2. The highest BCUT2D eigenvalue weighted by Gasteiger charge is 2.16. The largest absolute Gasteiger partial charge is 0.493 e. The SMILES string of the molecule is CCCOc1cc(C)ccc1CN=C(NCC)NCC(C)(C)CO.I.